The minimum Gasteiger partial charge on any atom is -0.507 e. The van der Waals surface area contributed by atoms with Crippen molar-refractivity contribution in [3.05, 3.63) is 261 Å². The van der Waals surface area contributed by atoms with Gasteiger partial charge >= 0.3 is 11.9 Å². The Balaban J connectivity index is 1.36. The van der Waals surface area contributed by atoms with Crippen LogP contribution in [-0.4, -0.2) is 36.2 Å². The summed E-state index contributed by atoms with van der Waals surface area (Å²) in [6, 6.07) is 57.4. The summed E-state index contributed by atoms with van der Waals surface area (Å²) >= 11 is 0. The monoisotopic (exact) mass is 1090 g/mol. The molecule has 0 amide bonds. The zero-order valence-electron chi connectivity index (χ0n) is 49.1. The summed E-state index contributed by atoms with van der Waals surface area (Å²) in [7, 11) is 4.07. The van der Waals surface area contributed by atoms with E-state index in [4.69, 9.17) is 9.47 Å². The lowest BCUT2D eigenvalue weighted by Crippen LogP contribution is -2.28. The van der Waals surface area contributed by atoms with Crippen LogP contribution < -0.4 is 29.1 Å². The molecule has 8 aromatic rings. The van der Waals surface area contributed by atoms with Crippen molar-refractivity contribution in [1.29, 1.82) is 0 Å². The first kappa shape index (κ1) is 57.7. The molecule has 0 fully saturated rings. The Morgan fingerprint density at radius 1 is 0.476 bits per heavy atom. The first-order valence-corrected chi connectivity index (χ1v) is 27.9. The van der Waals surface area contributed by atoms with Gasteiger partial charge in [-0.15, -0.1) is 0 Å². The highest BCUT2D eigenvalue weighted by Crippen LogP contribution is 2.44. The van der Waals surface area contributed by atoms with Gasteiger partial charge < -0.3 is 39.3 Å². The van der Waals surface area contributed by atoms with Crippen molar-refractivity contribution in [1.82, 2.24) is 0 Å². The molecule has 420 valence electrons. The second-order valence-electron chi connectivity index (χ2n) is 23.2. The number of fused-ring (bicyclic) bond motifs is 8. The van der Waals surface area contributed by atoms with Crippen molar-refractivity contribution in [2.24, 2.45) is 0 Å². The molecule has 0 saturated heterocycles. The number of para-hydroxylation sites is 4. The Hall–Kier alpha value is -9.02. The number of phenols is 2. The van der Waals surface area contributed by atoms with Crippen LogP contribution >= 0.6 is 0 Å². The predicted molar refractivity (Wildman–Crippen MR) is 333 cm³/mol. The molecule has 0 unspecified atom stereocenters. The molecule has 2 N–H and O–H groups in total. The molecule has 8 aromatic carbocycles. The van der Waals surface area contributed by atoms with Gasteiger partial charge in [0.25, 0.3) is 0 Å². The van der Waals surface area contributed by atoms with E-state index < -0.39 is 22.8 Å². The lowest BCUT2D eigenvalue weighted by Gasteiger charge is -2.34. The summed E-state index contributed by atoms with van der Waals surface area (Å²) in [5.74, 6) is 0.188. The minimum absolute atomic E-state index is 0.176. The van der Waals surface area contributed by atoms with E-state index in [1.807, 2.05) is 101 Å². The first-order chi connectivity index (χ1) is 39.1. The topological polar surface area (TPSA) is 106 Å². The Morgan fingerprint density at radius 3 is 1.27 bits per heavy atom. The number of aromatic hydroxyl groups is 2. The van der Waals surface area contributed by atoms with Gasteiger partial charge in [-0.25, -0.2) is 9.59 Å². The number of nitrogens with zero attached hydrogens (tertiary/aromatic N) is 4. The molecule has 0 spiro atoms. The number of hydrogen-bond donors (Lipinski definition) is 2. The van der Waals surface area contributed by atoms with Crippen LogP contribution in [0.5, 0.6) is 23.0 Å². The van der Waals surface area contributed by atoms with E-state index in [1.165, 1.54) is 0 Å². The third-order valence-electron chi connectivity index (χ3n) is 16.1. The molecule has 0 aliphatic carbocycles. The maximum atomic E-state index is 14.0. The van der Waals surface area contributed by atoms with Crippen LogP contribution in [0.15, 0.2) is 194 Å². The van der Waals surface area contributed by atoms with Crippen molar-refractivity contribution < 1.29 is 29.3 Å². The van der Waals surface area contributed by atoms with Crippen LogP contribution in [0.3, 0.4) is 0 Å². The number of benzene rings is 8. The average Bonchev–Trinajstić information content (AvgIpc) is 3.50. The zero-order chi connectivity index (χ0) is 58.6. The summed E-state index contributed by atoms with van der Waals surface area (Å²) in [6.45, 7) is 25.8. The number of ether oxygens (including phenoxy) is 2. The van der Waals surface area contributed by atoms with Gasteiger partial charge in [0.2, 0.25) is 0 Å². The van der Waals surface area contributed by atoms with E-state index in [2.05, 4.69) is 158 Å². The van der Waals surface area contributed by atoms with Crippen molar-refractivity contribution in [3.63, 3.8) is 0 Å². The standard InChI is InChI=1S/C72H76N4O6/c1-47(2)69(79)81-67-50(6)34-58-39-55(67)45-76(64-31-23-16-24-32-64)44-53-37-59(35-51(66(53)78)41-73(11)61-25-17-13-18-26-61)72(9,10)60-38-54(42-74(12)62-27-19-14-20-28-62)68(82-70(80)48(3)4)56(40-60)46-75(63-29-21-15-22-30-63)43-52-36-57(71(58,7)8)33-49(5)65(52)77/h13-40,77-78H,1,3,41-46H2,2,4-12H3. The number of aryl methyl sites for hydroxylation is 2. The van der Waals surface area contributed by atoms with Crippen molar-refractivity contribution in [3.8, 4) is 23.0 Å². The summed E-state index contributed by atoms with van der Waals surface area (Å²) in [6.07, 6.45) is 0. The van der Waals surface area contributed by atoms with Gasteiger partial charge in [-0.05, 0) is 146 Å². The number of hydrogen-bond acceptors (Lipinski definition) is 10. The van der Waals surface area contributed by atoms with Gasteiger partial charge in [-0.3, -0.25) is 0 Å². The lowest BCUT2D eigenvalue weighted by molar-refractivity contribution is -0.131. The van der Waals surface area contributed by atoms with E-state index in [0.717, 1.165) is 78.4 Å². The summed E-state index contributed by atoms with van der Waals surface area (Å²) in [4.78, 5) is 36.3. The van der Waals surface area contributed by atoms with Crippen molar-refractivity contribution in [2.45, 2.75) is 105 Å². The molecule has 10 nitrogen and oxygen atoms in total. The number of rotatable bonds is 12. The van der Waals surface area contributed by atoms with Crippen LogP contribution in [0, 0.1) is 13.8 Å². The molecule has 9 rings (SSSR count). The number of carbonyl (C=O) groups is 2. The van der Waals surface area contributed by atoms with E-state index >= 15 is 0 Å². The number of anilines is 4. The Bertz CT molecular complexity index is 3630. The molecule has 0 saturated carbocycles. The highest BCUT2D eigenvalue weighted by molar-refractivity contribution is 5.90. The second kappa shape index (κ2) is 24.0. The van der Waals surface area contributed by atoms with Crippen LogP contribution in [0.4, 0.5) is 22.7 Å². The molecule has 1 aliphatic heterocycles. The van der Waals surface area contributed by atoms with Gasteiger partial charge in [0.1, 0.15) is 23.0 Å². The maximum Gasteiger partial charge on any atom is 0.338 e. The minimum atomic E-state index is -0.755. The normalized spacial score (nSPS) is 13.8. The molecular weight excluding hydrogens is 1020 g/mol. The van der Waals surface area contributed by atoms with Gasteiger partial charge in [0, 0.05) is 131 Å². The molecular formula is C72H76N4O6. The van der Waals surface area contributed by atoms with Gasteiger partial charge in [0.15, 0.2) is 0 Å². The SMILES string of the molecule is C=C(C)C(=O)Oc1c(C)cc2cc1CN(c1ccccc1)Cc1cc(cc(CN(C)c3ccccc3)c1O)C(C)(C)c1cc(CN(C)c3ccccc3)c(OC(=O)C(=C)C)c(c1)CN(c1ccccc1)Cc1cc(cc(C)c1O)C2(C)C. The summed E-state index contributed by atoms with van der Waals surface area (Å²) in [5, 5.41) is 25.1. The quantitative estimate of drug-likeness (QED) is 0.0698. The number of carbonyl (C=O) groups excluding carboxylic acids is 2. The van der Waals surface area contributed by atoms with Crippen molar-refractivity contribution in [2.75, 3.05) is 33.7 Å². The maximum absolute atomic E-state index is 14.0. The zero-order valence-corrected chi connectivity index (χ0v) is 49.1. The van der Waals surface area contributed by atoms with Crippen molar-refractivity contribution >= 4 is 34.7 Å². The number of phenolic OH excluding ortho intramolecular Hbond substituents is 2. The summed E-state index contributed by atoms with van der Waals surface area (Å²) in [5.41, 5.74) is 12.7. The molecule has 0 aromatic heterocycles. The van der Waals surface area contributed by atoms with Gasteiger partial charge in [-0.2, -0.15) is 0 Å². The average molecular weight is 1090 g/mol. The molecule has 82 heavy (non-hydrogen) atoms. The molecule has 1 heterocycles. The third-order valence-corrected chi connectivity index (χ3v) is 16.1. The molecule has 10 heteroatoms. The van der Waals surface area contributed by atoms with Gasteiger partial charge in [0.05, 0.1) is 0 Å². The number of esters is 2. The second-order valence-corrected chi connectivity index (χ2v) is 23.2. The third kappa shape index (κ3) is 12.5. The van der Waals surface area contributed by atoms with E-state index in [1.54, 1.807) is 13.8 Å². The fourth-order valence-electron chi connectivity index (χ4n) is 11.0. The highest BCUT2D eigenvalue weighted by atomic mass is 16.5. The van der Waals surface area contributed by atoms with Crippen LogP contribution in [0.25, 0.3) is 0 Å². The molecule has 0 atom stereocenters. The van der Waals surface area contributed by atoms with Gasteiger partial charge in [-0.1, -0.05) is 126 Å². The Labute approximate surface area is 484 Å². The highest BCUT2D eigenvalue weighted by Gasteiger charge is 2.33. The van der Waals surface area contributed by atoms with E-state index in [0.29, 0.717) is 35.7 Å². The lowest BCUT2D eigenvalue weighted by atomic mass is 9.75. The molecule has 0 radical (unpaired) electrons. The molecule has 8 bridgehead atoms. The van der Waals surface area contributed by atoms with Crippen LogP contribution in [0.2, 0.25) is 0 Å². The molecule has 1 aliphatic rings. The largest absolute Gasteiger partial charge is 0.507 e. The van der Waals surface area contributed by atoms with Crippen LogP contribution in [0.1, 0.15) is 108 Å². The summed E-state index contributed by atoms with van der Waals surface area (Å²) < 4.78 is 12.8. The Kier molecular flexibility index (Phi) is 16.9. The smallest absolute Gasteiger partial charge is 0.338 e. The fourth-order valence-corrected chi connectivity index (χ4v) is 11.0. The van der Waals surface area contributed by atoms with E-state index in [-0.39, 0.29) is 48.8 Å². The van der Waals surface area contributed by atoms with E-state index in [9.17, 15) is 19.8 Å². The van der Waals surface area contributed by atoms with Crippen LogP contribution in [-0.2, 0) is 59.7 Å². The first-order valence-electron chi connectivity index (χ1n) is 27.9. The fraction of sp³-hybridized carbons (Fsp3) is 0.250. The predicted octanol–water partition coefficient (Wildman–Crippen LogP) is 15.3. The Morgan fingerprint density at radius 2 is 0.817 bits per heavy atom.